The summed E-state index contributed by atoms with van der Waals surface area (Å²) in [4.78, 5) is 0. The van der Waals surface area contributed by atoms with Gasteiger partial charge in [-0.1, -0.05) is 6.42 Å². The van der Waals surface area contributed by atoms with Crippen molar-refractivity contribution < 1.29 is 4.74 Å². The number of hydrogen-bond acceptors (Lipinski definition) is 3. The van der Waals surface area contributed by atoms with E-state index < -0.39 is 0 Å². The number of benzene rings is 1. The van der Waals surface area contributed by atoms with E-state index in [1.165, 1.54) is 43.4 Å². The van der Waals surface area contributed by atoms with Crippen LogP contribution in [0.15, 0.2) is 29.0 Å². The Morgan fingerprint density at radius 3 is 2.47 bits per heavy atom. The number of hydrogen-bond donors (Lipinski definition) is 0. The van der Waals surface area contributed by atoms with Gasteiger partial charge in [0.15, 0.2) is 0 Å². The van der Waals surface area contributed by atoms with Crippen molar-refractivity contribution >= 4 is 13.7 Å². The number of rotatable bonds is 3. The topological polar surface area (TPSA) is 24.8 Å². The van der Waals surface area contributed by atoms with Crippen LogP contribution >= 0.6 is 8.22 Å². The van der Waals surface area contributed by atoms with Crippen LogP contribution in [0, 0.1) is 0 Å². The van der Waals surface area contributed by atoms with Crippen LogP contribution in [0.1, 0.15) is 24.8 Å². The first-order valence-corrected chi connectivity index (χ1v) is 7.41. The quantitative estimate of drug-likeness (QED) is 0.767. The monoisotopic (exact) mass is 248 g/mol. The lowest BCUT2D eigenvalue weighted by Gasteiger charge is -2.24. The highest BCUT2D eigenvalue weighted by Gasteiger charge is 2.36. The van der Waals surface area contributed by atoms with Crippen LogP contribution < -0.4 is 4.74 Å². The Morgan fingerprint density at radius 2 is 1.82 bits per heavy atom. The van der Waals surface area contributed by atoms with E-state index in [1.807, 2.05) is 12.1 Å². The predicted octanol–water partition coefficient (Wildman–Crippen LogP) is 3.25. The van der Waals surface area contributed by atoms with Crippen LogP contribution in [0.5, 0.6) is 5.75 Å². The summed E-state index contributed by atoms with van der Waals surface area (Å²) in [5, 5.41) is 0. The van der Waals surface area contributed by atoms with Crippen molar-refractivity contribution in [2.75, 3.05) is 20.2 Å². The average Bonchev–Trinajstić information content (AvgIpc) is 3.20. The average molecular weight is 248 g/mol. The molecule has 0 aromatic heterocycles. The molecule has 90 valence electrons. The number of methoxy groups -OCH3 is 1. The standard InChI is InChI=1S/C13H17N2OP/c1-16-12-7-5-11(6-8-12)13-14-17(13)15-9-3-2-4-10-15/h5-8H,2-4,9-10H2,1H3. The molecular formula is C13H17N2OP. The molecule has 4 heteroatoms. The summed E-state index contributed by atoms with van der Waals surface area (Å²) in [7, 11) is 1.41. The Kier molecular flexibility index (Phi) is 3.13. The van der Waals surface area contributed by atoms with Crippen molar-refractivity contribution in [2.45, 2.75) is 19.3 Å². The van der Waals surface area contributed by atoms with E-state index in [1.54, 1.807) is 7.11 Å². The van der Waals surface area contributed by atoms with Crippen molar-refractivity contribution in [3.63, 3.8) is 0 Å². The van der Waals surface area contributed by atoms with E-state index in [0.717, 1.165) is 5.75 Å². The molecular weight excluding hydrogens is 231 g/mol. The van der Waals surface area contributed by atoms with Crippen LogP contribution in [0.3, 0.4) is 0 Å². The van der Waals surface area contributed by atoms with E-state index in [2.05, 4.69) is 21.6 Å². The summed E-state index contributed by atoms with van der Waals surface area (Å²) in [6.45, 7) is 2.46. The second-order valence-corrected chi connectivity index (χ2v) is 6.22. The third-order valence-corrected chi connectivity index (χ3v) is 5.16. The maximum Gasteiger partial charge on any atom is 0.142 e. The molecule has 1 aromatic carbocycles. The third-order valence-electron chi connectivity index (χ3n) is 3.29. The molecule has 2 aliphatic rings. The highest BCUT2D eigenvalue weighted by atomic mass is 31.1. The maximum atomic E-state index is 5.17. The fraction of sp³-hybridized carbons (Fsp3) is 0.462. The second kappa shape index (κ2) is 4.75. The summed E-state index contributed by atoms with van der Waals surface area (Å²) in [5.74, 6) is 0.914. The number of ether oxygens (including phenoxy) is 1. The molecule has 0 amide bonds. The van der Waals surface area contributed by atoms with Gasteiger partial charge in [-0.2, -0.15) is 0 Å². The van der Waals surface area contributed by atoms with E-state index in [-0.39, 0.29) is 8.22 Å². The Morgan fingerprint density at radius 1 is 1.12 bits per heavy atom. The molecule has 1 aromatic rings. The first-order chi connectivity index (χ1) is 8.38. The largest absolute Gasteiger partial charge is 0.497 e. The normalized spacial score (nSPS) is 24.3. The van der Waals surface area contributed by atoms with Gasteiger partial charge in [-0.25, -0.2) is 4.76 Å². The zero-order chi connectivity index (χ0) is 11.7. The summed E-state index contributed by atoms with van der Waals surface area (Å²) in [6.07, 6.45) is 4.06. The Labute approximate surface area is 103 Å². The molecule has 2 aliphatic heterocycles. The summed E-state index contributed by atoms with van der Waals surface area (Å²) in [6, 6.07) is 8.26. The number of nitrogens with zero attached hydrogens (tertiary/aromatic N) is 2. The lowest BCUT2D eigenvalue weighted by atomic mass is 10.2. The highest BCUT2D eigenvalue weighted by Crippen LogP contribution is 2.59. The van der Waals surface area contributed by atoms with Gasteiger partial charge in [0.2, 0.25) is 0 Å². The molecule has 0 N–H and O–H groups in total. The van der Waals surface area contributed by atoms with Crippen LogP contribution in [0.25, 0.3) is 0 Å². The highest BCUT2D eigenvalue weighted by molar-refractivity contribution is 7.81. The lowest BCUT2D eigenvalue weighted by molar-refractivity contribution is 0.374. The molecule has 1 unspecified atom stereocenters. The molecule has 0 saturated carbocycles. The third kappa shape index (κ3) is 2.36. The molecule has 2 heterocycles. The van der Waals surface area contributed by atoms with Crippen molar-refractivity contribution in [3.05, 3.63) is 29.8 Å². The van der Waals surface area contributed by atoms with Gasteiger partial charge in [0, 0.05) is 18.7 Å². The zero-order valence-electron chi connectivity index (χ0n) is 10.1. The first-order valence-electron chi connectivity index (χ1n) is 6.16. The molecule has 1 atom stereocenters. The predicted molar refractivity (Wildman–Crippen MR) is 71.9 cm³/mol. The molecule has 17 heavy (non-hydrogen) atoms. The van der Waals surface area contributed by atoms with Gasteiger partial charge < -0.3 is 4.74 Å². The Bertz CT molecular complexity index is 424. The van der Waals surface area contributed by atoms with Gasteiger partial charge in [-0.15, -0.1) is 0 Å². The summed E-state index contributed by atoms with van der Waals surface area (Å²) in [5.41, 5.74) is 2.58. The Balaban J connectivity index is 1.64. The van der Waals surface area contributed by atoms with Crippen molar-refractivity contribution in [1.82, 2.24) is 4.67 Å². The van der Waals surface area contributed by atoms with Crippen LogP contribution in [0.2, 0.25) is 0 Å². The molecule has 3 rings (SSSR count). The second-order valence-electron chi connectivity index (χ2n) is 4.46. The summed E-state index contributed by atoms with van der Waals surface area (Å²) < 4.78 is 12.4. The molecule has 3 nitrogen and oxygen atoms in total. The molecule has 0 radical (unpaired) electrons. The van der Waals surface area contributed by atoms with Crippen LogP contribution in [-0.4, -0.2) is 30.3 Å². The SMILES string of the molecule is COc1ccc(C2=NP2N2CCCCC2)cc1. The lowest BCUT2D eigenvalue weighted by Crippen LogP contribution is -2.23. The summed E-state index contributed by atoms with van der Waals surface area (Å²) >= 11 is 0. The minimum atomic E-state index is -0.288. The van der Waals surface area contributed by atoms with E-state index in [0.29, 0.717) is 0 Å². The minimum Gasteiger partial charge on any atom is -0.497 e. The van der Waals surface area contributed by atoms with Crippen molar-refractivity contribution in [2.24, 2.45) is 4.76 Å². The maximum absolute atomic E-state index is 5.17. The van der Waals surface area contributed by atoms with Gasteiger partial charge in [0.05, 0.1) is 7.11 Å². The van der Waals surface area contributed by atoms with Crippen molar-refractivity contribution in [1.29, 1.82) is 0 Å². The van der Waals surface area contributed by atoms with E-state index in [9.17, 15) is 0 Å². The van der Waals surface area contributed by atoms with E-state index in [4.69, 9.17) is 4.74 Å². The molecule has 1 fully saturated rings. The van der Waals surface area contributed by atoms with Gasteiger partial charge in [-0.05, 0) is 37.1 Å². The van der Waals surface area contributed by atoms with Crippen LogP contribution in [-0.2, 0) is 0 Å². The van der Waals surface area contributed by atoms with Gasteiger partial charge >= 0.3 is 0 Å². The molecule has 1 saturated heterocycles. The first kappa shape index (κ1) is 11.2. The smallest absolute Gasteiger partial charge is 0.142 e. The minimum absolute atomic E-state index is 0.288. The van der Waals surface area contributed by atoms with Gasteiger partial charge in [0.1, 0.15) is 19.4 Å². The molecule has 0 bridgehead atoms. The van der Waals surface area contributed by atoms with Crippen molar-refractivity contribution in [3.8, 4) is 5.75 Å². The van der Waals surface area contributed by atoms with Gasteiger partial charge in [0.25, 0.3) is 0 Å². The van der Waals surface area contributed by atoms with E-state index >= 15 is 0 Å². The zero-order valence-corrected chi connectivity index (χ0v) is 11.0. The van der Waals surface area contributed by atoms with Gasteiger partial charge in [-0.3, -0.25) is 4.67 Å². The molecule has 0 aliphatic carbocycles. The fourth-order valence-electron chi connectivity index (χ4n) is 2.24. The van der Waals surface area contributed by atoms with Crippen LogP contribution in [0.4, 0.5) is 0 Å². The Hall–Kier alpha value is -0.920. The number of piperidine rings is 1. The fourth-order valence-corrected chi connectivity index (χ4v) is 4.05. The molecule has 0 spiro atoms.